The van der Waals surface area contributed by atoms with Crippen LogP contribution in [-0.2, 0) is 9.22 Å². The average Bonchev–Trinajstić information content (AvgIpc) is 3.24. The standard InChI is InChI=1S/C24H39IO2Si/c1-16(25)10-11-18(15-27-28(6,7)23(2,3)4)19-13-12-17-9-8-14-24(5)20(17)21(24)22(19)26/h9-10,18-21H,8,11-15H2,1-7H3/b16-10-/t18-,19-,20?,21?,24+/m1/s1. The van der Waals surface area contributed by atoms with Gasteiger partial charge in [-0.3, -0.25) is 4.79 Å². The molecule has 0 bridgehead atoms. The first-order chi connectivity index (χ1) is 12.9. The van der Waals surface area contributed by atoms with Gasteiger partial charge in [0.05, 0.1) is 0 Å². The molecule has 0 aromatic heterocycles. The number of hydrogen-bond donors (Lipinski definition) is 0. The van der Waals surface area contributed by atoms with Gasteiger partial charge in [-0.2, -0.15) is 0 Å². The highest BCUT2D eigenvalue weighted by atomic mass is 127. The molecule has 0 aromatic rings. The Morgan fingerprint density at radius 2 is 2.07 bits per heavy atom. The Balaban J connectivity index is 1.80. The molecule has 3 aliphatic carbocycles. The summed E-state index contributed by atoms with van der Waals surface area (Å²) < 4.78 is 7.95. The molecule has 3 rings (SSSR count). The van der Waals surface area contributed by atoms with E-state index < -0.39 is 8.32 Å². The fourth-order valence-corrected chi connectivity index (χ4v) is 6.63. The Hall–Kier alpha value is 0.0569. The summed E-state index contributed by atoms with van der Waals surface area (Å²) in [5.74, 6) is 1.88. The molecule has 0 N–H and O–H groups in total. The van der Waals surface area contributed by atoms with E-state index in [-0.39, 0.29) is 22.3 Å². The van der Waals surface area contributed by atoms with Gasteiger partial charge in [0.2, 0.25) is 0 Å². The normalized spacial score (nSPS) is 34.4. The Kier molecular flexibility index (Phi) is 6.46. The fraction of sp³-hybridized carbons (Fsp3) is 0.792. The summed E-state index contributed by atoms with van der Waals surface area (Å²) in [4.78, 5) is 13.6. The molecule has 28 heavy (non-hydrogen) atoms. The summed E-state index contributed by atoms with van der Waals surface area (Å²) in [5, 5.41) is 0.205. The van der Waals surface area contributed by atoms with Crippen molar-refractivity contribution in [2.75, 3.05) is 6.61 Å². The highest BCUT2D eigenvalue weighted by Gasteiger charge is 2.67. The van der Waals surface area contributed by atoms with Gasteiger partial charge in [0, 0.05) is 18.4 Å². The third-order valence-corrected chi connectivity index (χ3v) is 13.2. The first kappa shape index (κ1) is 22.7. The Labute approximate surface area is 187 Å². The highest BCUT2D eigenvalue weighted by Crippen LogP contribution is 2.69. The first-order valence-corrected chi connectivity index (χ1v) is 15.1. The van der Waals surface area contributed by atoms with Gasteiger partial charge in [-0.05, 0) is 101 Å². The minimum absolute atomic E-state index is 0.162. The molecule has 0 amide bonds. The molecule has 2 nitrogen and oxygen atoms in total. The number of hydrogen-bond acceptors (Lipinski definition) is 2. The van der Waals surface area contributed by atoms with Crippen LogP contribution in [0.1, 0.15) is 66.7 Å². The van der Waals surface area contributed by atoms with Crippen LogP contribution in [0, 0.1) is 29.1 Å². The van der Waals surface area contributed by atoms with Crippen molar-refractivity contribution >= 4 is 36.7 Å². The van der Waals surface area contributed by atoms with Crippen LogP contribution in [0.25, 0.3) is 0 Å². The Morgan fingerprint density at radius 3 is 2.68 bits per heavy atom. The summed E-state index contributed by atoms with van der Waals surface area (Å²) in [6.07, 6.45) is 10.2. The number of ketones is 1. The van der Waals surface area contributed by atoms with Gasteiger partial charge in [0.1, 0.15) is 5.78 Å². The number of carbonyl (C=O) groups is 1. The minimum atomic E-state index is -1.81. The zero-order chi connectivity index (χ0) is 20.9. The molecule has 4 heteroatoms. The maximum absolute atomic E-state index is 13.6. The van der Waals surface area contributed by atoms with Gasteiger partial charge >= 0.3 is 0 Å². The van der Waals surface area contributed by atoms with E-state index in [4.69, 9.17) is 4.43 Å². The quantitative estimate of drug-likeness (QED) is 0.211. The molecule has 0 aromatic carbocycles. The second-order valence-electron chi connectivity index (χ2n) is 11.2. The summed E-state index contributed by atoms with van der Waals surface area (Å²) in [6.45, 7) is 16.8. The van der Waals surface area contributed by atoms with Crippen molar-refractivity contribution in [3.63, 3.8) is 0 Å². The Morgan fingerprint density at radius 1 is 1.39 bits per heavy atom. The van der Waals surface area contributed by atoms with Crippen molar-refractivity contribution in [2.24, 2.45) is 29.1 Å². The maximum Gasteiger partial charge on any atom is 0.191 e. The molecule has 2 unspecified atom stereocenters. The van der Waals surface area contributed by atoms with Crippen molar-refractivity contribution in [2.45, 2.75) is 84.9 Å². The lowest BCUT2D eigenvalue weighted by Crippen LogP contribution is -2.43. The van der Waals surface area contributed by atoms with E-state index >= 15 is 0 Å². The second kappa shape index (κ2) is 7.95. The number of Topliss-reactive ketones (excluding diaryl/α,β-unsaturated/α-hetero) is 1. The molecular weight excluding hydrogens is 475 g/mol. The molecule has 158 valence electrons. The molecule has 0 saturated heterocycles. The zero-order valence-electron chi connectivity index (χ0n) is 18.9. The zero-order valence-corrected chi connectivity index (χ0v) is 22.1. The number of halogens is 1. The van der Waals surface area contributed by atoms with Gasteiger partial charge < -0.3 is 4.43 Å². The molecule has 0 radical (unpaired) electrons. The van der Waals surface area contributed by atoms with E-state index in [2.05, 4.69) is 82.5 Å². The van der Waals surface area contributed by atoms with Gasteiger partial charge in [-0.25, -0.2) is 0 Å². The van der Waals surface area contributed by atoms with Crippen molar-refractivity contribution in [1.29, 1.82) is 0 Å². The number of rotatable bonds is 6. The molecule has 0 heterocycles. The van der Waals surface area contributed by atoms with Crippen LogP contribution in [0.2, 0.25) is 18.1 Å². The van der Waals surface area contributed by atoms with Crippen molar-refractivity contribution in [3.05, 3.63) is 21.3 Å². The van der Waals surface area contributed by atoms with Crippen LogP contribution in [-0.4, -0.2) is 20.7 Å². The number of allylic oxidation sites excluding steroid dienone is 4. The third-order valence-electron chi connectivity index (χ3n) is 8.29. The molecule has 0 aliphatic heterocycles. The lowest BCUT2D eigenvalue weighted by atomic mass is 9.78. The minimum Gasteiger partial charge on any atom is -0.417 e. The summed E-state index contributed by atoms with van der Waals surface area (Å²) >= 11 is 2.39. The lowest BCUT2D eigenvalue weighted by Gasteiger charge is -2.38. The van der Waals surface area contributed by atoms with Crippen LogP contribution < -0.4 is 0 Å². The van der Waals surface area contributed by atoms with E-state index in [1.165, 1.54) is 16.4 Å². The Bertz CT molecular complexity index is 683. The smallest absolute Gasteiger partial charge is 0.191 e. The van der Waals surface area contributed by atoms with Gasteiger partial charge in [-0.1, -0.05) is 45.4 Å². The van der Waals surface area contributed by atoms with Crippen LogP contribution in [0.15, 0.2) is 21.3 Å². The summed E-state index contributed by atoms with van der Waals surface area (Å²) in [5.41, 5.74) is 1.86. The van der Waals surface area contributed by atoms with E-state index in [0.717, 1.165) is 25.9 Å². The summed E-state index contributed by atoms with van der Waals surface area (Å²) in [7, 11) is -1.81. The average molecular weight is 515 g/mol. The topological polar surface area (TPSA) is 26.3 Å². The van der Waals surface area contributed by atoms with Crippen molar-refractivity contribution < 1.29 is 9.22 Å². The van der Waals surface area contributed by atoms with Gasteiger partial charge in [0.25, 0.3) is 0 Å². The lowest BCUT2D eigenvalue weighted by molar-refractivity contribution is -0.127. The van der Waals surface area contributed by atoms with Crippen molar-refractivity contribution in [1.82, 2.24) is 0 Å². The van der Waals surface area contributed by atoms with E-state index in [0.29, 0.717) is 17.6 Å². The van der Waals surface area contributed by atoms with Crippen LogP contribution >= 0.6 is 22.6 Å². The van der Waals surface area contributed by atoms with Gasteiger partial charge in [-0.15, -0.1) is 0 Å². The molecule has 0 spiro atoms. The first-order valence-electron chi connectivity index (χ1n) is 11.1. The van der Waals surface area contributed by atoms with Gasteiger partial charge in [0.15, 0.2) is 8.32 Å². The third kappa shape index (κ3) is 4.25. The van der Waals surface area contributed by atoms with Crippen LogP contribution in [0.3, 0.4) is 0 Å². The number of carbonyl (C=O) groups excluding carboxylic acids is 1. The van der Waals surface area contributed by atoms with Crippen LogP contribution in [0.4, 0.5) is 0 Å². The maximum atomic E-state index is 13.6. The molecule has 5 atom stereocenters. The monoisotopic (exact) mass is 514 g/mol. The SMILES string of the molecule is C/C(I)=C/C[C@H](CO[Si](C)(C)C(C)(C)C)[C@H]1CCC2=CCC[C@]3(C)C(C1=O)C23. The second-order valence-corrected chi connectivity index (χ2v) is 17.7. The van der Waals surface area contributed by atoms with E-state index in [1.54, 1.807) is 5.57 Å². The highest BCUT2D eigenvalue weighted by molar-refractivity contribution is 14.1. The predicted octanol–water partition coefficient (Wildman–Crippen LogP) is 7.30. The van der Waals surface area contributed by atoms with Crippen molar-refractivity contribution in [3.8, 4) is 0 Å². The molecule has 3 aliphatic rings. The predicted molar refractivity (Wildman–Crippen MR) is 129 cm³/mol. The number of fused-ring (bicyclic) bond motifs is 1. The largest absolute Gasteiger partial charge is 0.417 e. The molecule has 2 fully saturated rings. The van der Waals surface area contributed by atoms with E-state index in [1.807, 2.05) is 0 Å². The van der Waals surface area contributed by atoms with Crippen LogP contribution in [0.5, 0.6) is 0 Å². The fourth-order valence-electron chi connectivity index (χ4n) is 5.31. The molecule has 2 saturated carbocycles. The summed E-state index contributed by atoms with van der Waals surface area (Å²) in [6, 6.07) is 0. The van der Waals surface area contributed by atoms with E-state index in [9.17, 15) is 4.79 Å². The molecular formula is C24H39IO2Si.